The number of hydrogen-bond acceptors (Lipinski definition) is 4. The third kappa shape index (κ3) is 3.85. The van der Waals surface area contributed by atoms with E-state index in [1.165, 1.54) is 0 Å². The van der Waals surface area contributed by atoms with Crippen molar-refractivity contribution in [3.05, 3.63) is 54.4 Å². The molecule has 24 heavy (non-hydrogen) atoms. The van der Waals surface area contributed by atoms with E-state index in [4.69, 9.17) is 9.47 Å². The highest BCUT2D eigenvalue weighted by Crippen LogP contribution is 2.25. The van der Waals surface area contributed by atoms with Gasteiger partial charge in [-0.15, -0.1) is 0 Å². The number of carbonyl (C=O) groups is 1. The summed E-state index contributed by atoms with van der Waals surface area (Å²) in [5.41, 5.74) is 0.633. The summed E-state index contributed by atoms with van der Waals surface area (Å²) < 4.78 is 11.0. The van der Waals surface area contributed by atoms with Crippen molar-refractivity contribution in [1.29, 1.82) is 0 Å². The van der Waals surface area contributed by atoms with Gasteiger partial charge in [0.1, 0.15) is 11.5 Å². The minimum absolute atomic E-state index is 0.0463. The normalized spacial score (nSPS) is 16.9. The van der Waals surface area contributed by atoms with Gasteiger partial charge in [0, 0.05) is 25.5 Å². The van der Waals surface area contributed by atoms with E-state index >= 15 is 0 Å². The van der Waals surface area contributed by atoms with Crippen molar-refractivity contribution in [3.8, 4) is 11.5 Å². The van der Waals surface area contributed by atoms with Crippen LogP contribution in [0.3, 0.4) is 0 Å². The molecule has 0 saturated carbocycles. The molecule has 1 aromatic heterocycles. The molecule has 5 nitrogen and oxygen atoms in total. The molecule has 1 aliphatic heterocycles. The smallest absolute Gasteiger partial charge is 0.257 e. The predicted octanol–water partition coefficient (Wildman–Crippen LogP) is 3.02. The topological polar surface area (TPSA) is 51.7 Å². The van der Waals surface area contributed by atoms with Gasteiger partial charge in [-0.3, -0.25) is 9.78 Å². The summed E-state index contributed by atoms with van der Waals surface area (Å²) in [5.74, 6) is 1.99. The van der Waals surface area contributed by atoms with Crippen molar-refractivity contribution in [2.45, 2.75) is 12.8 Å². The van der Waals surface area contributed by atoms with Crippen molar-refractivity contribution < 1.29 is 14.3 Å². The maximum Gasteiger partial charge on any atom is 0.257 e. The van der Waals surface area contributed by atoms with Gasteiger partial charge in [-0.05, 0) is 43.0 Å². The number of para-hydroxylation sites is 1. The lowest BCUT2D eigenvalue weighted by Gasteiger charge is -2.18. The van der Waals surface area contributed by atoms with Crippen molar-refractivity contribution in [3.63, 3.8) is 0 Å². The van der Waals surface area contributed by atoms with Crippen LogP contribution in [-0.4, -0.2) is 42.6 Å². The first-order chi connectivity index (χ1) is 11.8. The van der Waals surface area contributed by atoms with E-state index in [0.717, 1.165) is 31.7 Å². The monoisotopic (exact) mass is 326 g/mol. The van der Waals surface area contributed by atoms with Crippen LogP contribution in [0, 0.1) is 5.92 Å². The van der Waals surface area contributed by atoms with Crippen LogP contribution >= 0.6 is 0 Å². The van der Waals surface area contributed by atoms with Crippen LogP contribution in [0.1, 0.15) is 23.2 Å². The number of rotatable bonds is 6. The Balaban J connectivity index is 1.51. The molecule has 0 N–H and O–H groups in total. The Morgan fingerprint density at radius 2 is 2.04 bits per heavy atom. The number of carbonyl (C=O) groups excluding carboxylic acids is 1. The third-order valence-electron chi connectivity index (χ3n) is 4.36. The highest BCUT2D eigenvalue weighted by molar-refractivity contribution is 5.97. The number of nitrogens with zero attached hydrogens (tertiary/aromatic N) is 2. The number of hydrogen-bond donors (Lipinski definition) is 0. The lowest BCUT2D eigenvalue weighted by atomic mass is 10.1. The molecule has 126 valence electrons. The molecule has 3 rings (SSSR count). The number of pyridine rings is 1. The standard InChI is InChI=1S/C19H22N2O3/c1-23-18-5-3-2-4-17(18)19(22)21-12-8-15(14-21)9-13-24-16-6-10-20-11-7-16/h2-7,10-11,15H,8-9,12-14H2,1H3. The fraction of sp³-hybridized carbons (Fsp3) is 0.368. The summed E-state index contributed by atoms with van der Waals surface area (Å²) in [6.45, 7) is 2.22. The molecule has 1 amide bonds. The van der Waals surface area contributed by atoms with Gasteiger partial charge >= 0.3 is 0 Å². The number of aromatic nitrogens is 1. The lowest BCUT2D eigenvalue weighted by molar-refractivity contribution is 0.0782. The Hall–Kier alpha value is -2.56. The molecule has 0 radical (unpaired) electrons. The number of amides is 1. The maximum atomic E-state index is 12.7. The van der Waals surface area contributed by atoms with Gasteiger partial charge in [0.25, 0.3) is 5.91 Å². The first kappa shape index (κ1) is 16.3. The van der Waals surface area contributed by atoms with Gasteiger partial charge in [0.2, 0.25) is 0 Å². The zero-order chi connectivity index (χ0) is 16.8. The van der Waals surface area contributed by atoms with Crippen LogP contribution in [0.25, 0.3) is 0 Å². The van der Waals surface area contributed by atoms with E-state index < -0.39 is 0 Å². The SMILES string of the molecule is COc1ccccc1C(=O)N1CCC(CCOc2ccncc2)C1. The summed E-state index contributed by atoms with van der Waals surface area (Å²) in [6.07, 6.45) is 5.40. The molecule has 2 aromatic rings. The summed E-state index contributed by atoms with van der Waals surface area (Å²) in [6, 6.07) is 11.1. The van der Waals surface area contributed by atoms with Crippen molar-refractivity contribution in [1.82, 2.24) is 9.88 Å². The Kier molecular flexibility index (Phi) is 5.31. The van der Waals surface area contributed by atoms with Crippen molar-refractivity contribution >= 4 is 5.91 Å². The van der Waals surface area contributed by atoms with Crippen LogP contribution in [-0.2, 0) is 0 Å². The zero-order valence-corrected chi connectivity index (χ0v) is 13.9. The van der Waals surface area contributed by atoms with E-state index in [1.807, 2.05) is 41.3 Å². The molecular weight excluding hydrogens is 304 g/mol. The largest absolute Gasteiger partial charge is 0.496 e. The third-order valence-corrected chi connectivity index (χ3v) is 4.36. The first-order valence-corrected chi connectivity index (χ1v) is 8.23. The van der Waals surface area contributed by atoms with Gasteiger partial charge in [-0.1, -0.05) is 12.1 Å². The molecule has 0 bridgehead atoms. The molecule has 1 saturated heterocycles. The number of likely N-dealkylation sites (tertiary alicyclic amines) is 1. The summed E-state index contributed by atoms with van der Waals surface area (Å²) >= 11 is 0. The van der Waals surface area contributed by atoms with Crippen LogP contribution in [0.4, 0.5) is 0 Å². The second kappa shape index (κ2) is 7.81. The van der Waals surface area contributed by atoms with E-state index in [2.05, 4.69) is 4.98 Å². The maximum absolute atomic E-state index is 12.7. The lowest BCUT2D eigenvalue weighted by Crippen LogP contribution is -2.29. The zero-order valence-electron chi connectivity index (χ0n) is 13.9. The molecule has 1 aromatic carbocycles. The van der Waals surface area contributed by atoms with E-state index in [-0.39, 0.29) is 5.91 Å². The van der Waals surface area contributed by atoms with Gasteiger partial charge in [-0.25, -0.2) is 0 Å². The molecular formula is C19H22N2O3. The Labute approximate surface area is 142 Å². The quantitative estimate of drug-likeness (QED) is 0.819. The summed E-state index contributed by atoms with van der Waals surface area (Å²) in [5, 5.41) is 0. The molecule has 1 aliphatic rings. The van der Waals surface area contributed by atoms with Crippen LogP contribution in [0.5, 0.6) is 11.5 Å². The number of benzene rings is 1. The van der Waals surface area contributed by atoms with Gasteiger partial charge in [-0.2, -0.15) is 0 Å². The van der Waals surface area contributed by atoms with E-state index in [1.54, 1.807) is 19.5 Å². The average Bonchev–Trinajstić information content (AvgIpc) is 3.11. The Bertz CT molecular complexity index is 675. The molecule has 0 aliphatic carbocycles. The fourth-order valence-corrected chi connectivity index (χ4v) is 3.02. The first-order valence-electron chi connectivity index (χ1n) is 8.23. The summed E-state index contributed by atoms with van der Waals surface area (Å²) in [4.78, 5) is 18.6. The van der Waals surface area contributed by atoms with Gasteiger partial charge in [0.05, 0.1) is 19.3 Å². The molecule has 0 spiro atoms. The molecule has 1 atom stereocenters. The molecule has 1 fully saturated rings. The fourth-order valence-electron chi connectivity index (χ4n) is 3.02. The highest BCUT2D eigenvalue weighted by Gasteiger charge is 2.28. The molecule has 5 heteroatoms. The predicted molar refractivity (Wildman–Crippen MR) is 91.4 cm³/mol. The second-order valence-corrected chi connectivity index (χ2v) is 5.93. The van der Waals surface area contributed by atoms with Crippen molar-refractivity contribution in [2.24, 2.45) is 5.92 Å². The molecule has 2 heterocycles. The van der Waals surface area contributed by atoms with Crippen LogP contribution in [0.2, 0.25) is 0 Å². The van der Waals surface area contributed by atoms with Crippen LogP contribution in [0.15, 0.2) is 48.8 Å². The van der Waals surface area contributed by atoms with E-state index in [9.17, 15) is 4.79 Å². The van der Waals surface area contributed by atoms with Gasteiger partial charge in [0.15, 0.2) is 0 Å². The number of methoxy groups -OCH3 is 1. The number of ether oxygens (including phenoxy) is 2. The average molecular weight is 326 g/mol. The van der Waals surface area contributed by atoms with Gasteiger partial charge < -0.3 is 14.4 Å². The summed E-state index contributed by atoms with van der Waals surface area (Å²) in [7, 11) is 1.59. The van der Waals surface area contributed by atoms with Crippen LogP contribution < -0.4 is 9.47 Å². The van der Waals surface area contributed by atoms with E-state index in [0.29, 0.717) is 23.8 Å². The second-order valence-electron chi connectivity index (χ2n) is 5.93. The highest BCUT2D eigenvalue weighted by atomic mass is 16.5. The van der Waals surface area contributed by atoms with Crippen molar-refractivity contribution in [2.75, 3.05) is 26.8 Å². The Morgan fingerprint density at radius 3 is 2.83 bits per heavy atom. The Morgan fingerprint density at radius 1 is 1.25 bits per heavy atom. The minimum Gasteiger partial charge on any atom is -0.496 e. The minimum atomic E-state index is 0.0463. The molecule has 1 unspecified atom stereocenters.